The number of quaternary nitrogens is 1. The fourth-order valence-electron chi connectivity index (χ4n) is 8.21. The summed E-state index contributed by atoms with van der Waals surface area (Å²) >= 11 is 0. The van der Waals surface area contributed by atoms with Gasteiger partial charge in [0.2, 0.25) is 5.91 Å². The quantitative estimate of drug-likeness (QED) is 0.561. The first-order valence-electron chi connectivity index (χ1n) is 14.6. The second-order valence-electron chi connectivity index (χ2n) is 13.1. The lowest BCUT2D eigenvalue weighted by atomic mass is 9.64. The Hall–Kier alpha value is -3.04. The maximum atomic E-state index is 14.6. The summed E-state index contributed by atoms with van der Waals surface area (Å²) in [6.45, 7) is 3.41. The van der Waals surface area contributed by atoms with E-state index in [4.69, 9.17) is 4.74 Å². The molecule has 1 aromatic carbocycles. The number of fused-ring (bicyclic) bond motifs is 1. The molecule has 0 radical (unpaired) electrons. The lowest BCUT2D eigenvalue weighted by molar-refractivity contribution is -0.140. The molecule has 2 saturated heterocycles. The lowest BCUT2D eigenvalue weighted by Crippen LogP contribution is -2.69. The maximum absolute atomic E-state index is 14.6. The highest BCUT2D eigenvalue weighted by Gasteiger charge is 2.75. The van der Waals surface area contributed by atoms with E-state index >= 15 is 0 Å². The van der Waals surface area contributed by atoms with Crippen LogP contribution in [0.1, 0.15) is 61.5 Å². The molecule has 2 aliphatic heterocycles. The van der Waals surface area contributed by atoms with E-state index < -0.39 is 11.5 Å². The summed E-state index contributed by atoms with van der Waals surface area (Å²) in [5.74, 6) is 0.470. The summed E-state index contributed by atoms with van der Waals surface area (Å²) in [6, 6.07) is 9.45. The van der Waals surface area contributed by atoms with Crippen LogP contribution in [0.4, 0.5) is 5.69 Å². The van der Waals surface area contributed by atoms with Gasteiger partial charge in [-0.3, -0.25) is 14.3 Å². The number of piperidine rings is 1. The van der Waals surface area contributed by atoms with Crippen molar-refractivity contribution in [1.82, 2.24) is 24.5 Å². The van der Waals surface area contributed by atoms with Gasteiger partial charge in [-0.05, 0) is 42.5 Å². The minimum Gasteiger partial charge on any atom is -0.381 e. The molecule has 4 aliphatic rings. The zero-order chi connectivity index (χ0) is 28.4. The average Bonchev–Trinajstić information content (AvgIpc) is 3.45. The Balaban J connectivity index is 1.35. The highest BCUT2D eigenvalue weighted by Crippen LogP contribution is 2.65. The number of likely N-dealkylation sites (N-methyl/N-ethyl adjacent to an activating group) is 2. The molecule has 2 aromatic rings. The number of nitrogens with one attached hydrogen (secondary N) is 1. The van der Waals surface area contributed by atoms with Crippen LogP contribution in [0.15, 0.2) is 36.5 Å². The van der Waals surface area contributed by atoms with E-state index in [-0.39, 0.29) is 39.6 Å². The van der Waals surface area contributed by atoms with Gasteiger partial charge in [0.25, 0.3) is 5.91 Å². The van der Waals surface area contributed by atoms with Gasteiger partial charge in [0, 0.05) is 58.3 Å². The van der Waals surface area contributed by atoms with Crippen molar-refractivity contribution < 1.29 is 19.1 Å². The van der Waals surface area contributed by atoms with Crippen molar-refractivity contribution in [3.8, 4) is 0 Å². The Morgan fingerprint density at radius 2 is 1.80 bits per heavy atom. The summed E-state index contributed by atoms with van der Waals surface area (Å²) in [6.07, 6.45) is 7.25. The number of benzene rings is 1. The predicted octanol–water partition coefficient (Wildman–Crippen LogP) is 3.03. The molecule has 214 valence electrons. The highest BCUT2D eigenvalue weighted by atomic mass is 16.5. The zero-order valence-electron chi connectivity index (χ0n) is 24.4. The number of rotatable bonds is 6. The maximum Gasteiger partial charge on any atom is 0.341 e. The van der Waals surface area contributed by atoms with Gasteiger partial charge in [-0.2, -0.15) is 5.10 Å². The van der Waals surface area contributed by atoms with E-state index in [0.717, 1.165) is 30.5 Å². The van der Waals surface area contributed by atoms with Crippen molar-refractivity contribution in [1.29, 1.82) is 0 Å². The van der Waals surface area contributed by atoms with Crippen molar-refractivity contribution in [2.75, 3.05) is 34.4 Å². The number of amides is 3. The van der Waals surface area contributed by atoms with Crippen molar-refractivity contribution >= 4 is 23.4 Å². The number of hydrogen-bond acceptors (Lipinski definition) is 5. The Bertz CT molecular complexity index is 1330. The molecule has 4 unspecified atom stereocenters. The van der Waals surface area contributed by atoms with Crippen molar-refractivity contribution in [3.05, 3.63) is 47.8 Å². The predicted molar refractivity (Wildman–Crippen MR) is 151 cm³/mol. The number of hydrogen-bond donors (Lipinski definition) is 1. The molecule has 4 fully saturated rings. The van der Waals surface area contributed by atoms with Crippen LogP contribution in [0.5, 0.6) is 0 Å². The van der Waals surface area contributed by atoms with Crippen LogP contribution in [0.25, 0.3) is 0 Å². The largest absolute Gasteiger partial charge is 0.381 e. The molecule has 6 rings (SSSR count). The number of ether oxygens (including phenoxy) is 1. The number of aryl methyl sites for hydroxylation is 1. The molecule has 5 atom stereocenters. The van der Waals surface area contributed by atoms with E-state index in [9.17, 15) is 14.4 Å². The van der Waals surface area contributed by atoms with Gasteiger partial charge in [-0.1, -0.05) is 38.3 Å². The van der Waals surface area contributed by atoms with Crippen LogP contribution in [-0.2, 0) is 26.8 Å². The van der Waals surface area contributed by atoms with Gasteiger partial charge in [-0.15, -0.1) is 0 Å². The molecule has 1 aromatic heterocycles. The molecule has 0 bridgehead atoms. The fourth-order valence-corrected chi connectivity index (χ4v) is 8.21. The SMILES string of the molecule is CN(C)C(=O)C1(c2ccc([N+]3(C)C(=O)[C@@H](NC(=O)c4ccnn4C)C(C4CCC4)C4(C)CC43)cc2)CCOCC1. The topological polar surface area (TPSA) is 93.5 Å². The molecular formula is C31H42N5O4+. The summed E-state index contributed by atoms with van der Waals surface area (Å²) in [5, 5.41) is 7.34. The first kappa shape index (κ1) is 27.1. The molecule has 3 amide bonds. The molecule has 9 heteroatoms. The monoisotopic (exact) mass is 548 g/mol. The van der Waals surface area contributed by atoms with Crippen molar-refractivity contribution in [3.63, 3.8) is 0 Å². The third-order valence-corrected chi connectivity index (χ3v) is 10.8. The summed E-state index contributed by atoms with van der Waals surface area (Å²) in [5.41, 5.74) is 1.69. The van der Waals surface area contributed by atoms with Gasteiger partial charge >= 0.3 is 5.91 Å². The van der Waals surface area contributed by atoms with Crippen LogP contribution in [-0.4, -0.2) is 78.8 Å². The molecule has 2 saturated carbocycles. The number of carbonyl (C=O) groups excluding carboxylic acids is 3. The molecular weight excluding hydrogens is 506 g/mol. The van der Waals surface area contributed by atoms with Gasteiger partial charge in [0.05, 0.1) is 12.5 Å². The summed E-state index contributed by atoms with van der Waals surface area (Å²) in [4.78, 5) is 43.0. The van der Waals surface area contributed by atoms with E-state index in [1.807, 2.05) is 31.3 Å². The Kier molecular flexibility index (Phi) is 6.46. The molecule has 2 aliphatic carbocycles. The zero-order valence-corrected chi connectivity index (χ0v) is 24.4. The minimum absolute atomic E-state index is 0.0281. The van der Waals surface area contributed by atoms with Crippen LogP contribution in [0, 0.1) is 17.3 Å². The van der Waals surface area contributed by atoms with Crippen molar-refractivity contribution in [2.45, 2.75) is 62.9 Å². The smallest absolute Gasteiger partial charge is 0.341 e. The van der Waals surface area contributed by atoms with Crippen LogP contribution in [0.3, 0.4) is 0 Å². The second kappa shape index (κ2) is 9.52. The van der Waals surface area contributed by atoms with Crippen LogP contribution < -0.4 is 9.80 Å². The first-order chi connectivity index (χ1) is 19.0. The Morgan fingerprint density at radius 1 is 1.12 bits per heavy atom. The Morgan fingerprint density at radius 3 is 2.35 bits per heavy atom. The van der Waals surface area contributed by atoms with Gasteiger partial charge in [0.1, 0.15) is 23.5 Å². The van der Waals surface area contributed by atoms with Gasteiger partial charge < -0.3 is 15.0 Å². The number of likely N-dealkylation sites (tertiary alicyclic amines) is 1. The van der Waals surface area contributed by atoms with E-state index in [1.165, 1.54) is 6.42 Å². The number of aromatic nitrogens is 2. The lowest BCUT2D eigenvalue weighted by Gasteiger charge is -2.49. The fraction of sp³-hybridized carbons (Fsp3) is 0.613. The van der Waals surface area contributed by atoms with Gasteiger partial charge in [-0.25, -0.2) is 9.28 Å². The number of carbonyl (C=O) groups is 3. The molecule has 9 nitrogen and oxygen atoms in total. The Labute approximate surface area is 236 Å². The van der Waals surface area contributed by atoms with Crippen LogP contribution in [0.2, 0.25) is 0 Å². The molecule has 40 heavy (non-hydrogen) atoms. The minimum atomic E-state index is -0.617. The highest BCUT2D eigenvalue weighted by molar-refractivity contribution is 6.01. The molecule has 0 spiro atoms. The standard InChI is InChI=1S/C31H41N5O4/c1-30-19-24(30)36(5,22-11-9-21(10-12-22)31(29(39)34(2)3)14-17-40-18-15-31)28(38)26(25(30)20-7-6-8-20)33-27(37)23-13-16-32-35(23)4/h9-13,16,20,24-26H,6-8,14-15,17-19H2,1-5H3/p+1/t24?,25?,26-,30?,36?/m0/s1. The van der Waals surface area contributed by atoms with E-state index in [0.29, 0.717) is 37.7 Å². The van der Waals surface area contributed by atoms with E-state index in [2.05, 4.69) is 17.3 Å². The summed E-state index contributed by atoms with van der Waals surface area (Å²) < 4.78 is 7.33. The van der Waals surface area contributed by atoms with Crippen LogP contribution >= 0.6 is 0 Å². The molecule has 3 heterocycles. The third kappa shape index (κ3) is 3.88. The number of nitrogens with zero attached hydrogens (tertiary/aromatic N) is 4. The van der Waals surface area contributed by atoms with Crippen molar-refractivity contribution in [2.24, 2.45) is 24.3 Å². The first-order valence-corrected chi connectivity index (χ1v) is 14.6. The third-order valence-electron chi connectivity index (χ3n) is 10.8. The van der Waals surface area contributed by atoms with E-state index in [1.54, 1.807) is 43.0 Å². The van der Waals surface area contributed by atoms with Gasteiger partial charge in [0.15, 0.2) is 0 Å². The molecule has 1 N–H and O–H groups in total. The normalized spacial score (nSPS) is 33.0. The average molecular weight is 549 g/mol. The second-order valence-corrected chi connectivity index (χ2v) is 13.1. The summed E-state index contributed by atoms with van der Waals surface area (Å²) in [7, 11) is 7.37.